The van der Waals surface area contributed by atoms with Gasteiger partial charge in [-0.1, -0.05) is 27.7 Å². The van der Waals surface area contributed by atoms with E-state index in [0.29, 0.717) is 13.2 Å². The molecule has 3 nitrogen and oxygen atoms in total. The first-order valence-electron chi connectivity index (χ1n) is 5.45. The quantitative estimate of drug-likeness (QED) is 0.663. The van der Waals surface area contributed by atoms with Crippen LogP contribution in [0.4, 0.5) is 0 Å². The van der Waals surface area contributed by atoms with Crippen molar-refractivity contribution in [3.63, 3.8) is 0 Å². The summed E-state index contributed by atoms with van der Waals surface area (Å²) in [6, 6.07) is 0. The third-order valence-electron chi connectivity index (χ3n) is 2.98. The molecular formula is C12H24O3. The van der Waals surface area contributed by atoms with Gasteiger partial charge in [-0.25, -0.2) is 0 Å². The molecule has 90 valence electrons. The molecule has 0 saturated carbocycles. The van der Waals surface area contributed by atoms with E-state index in [1.54, 1.807) is 7.11 Å². The van der Waals surface area contributed by atoms with Crippen LogP contribution in [0.2, 0.25) is 0 Å². The Bertz CT molecular complexity index is 205. The van der Waals surface area contributed by atoms with E-state index in [0.717, 1.165) is 6.42 Å². The maximum atomic E-state index is 12.0. The minimum absolute atomic E-state index is 0.168. The number of esters is 1. The molecule has 0 amide bonds. The van der Waals surface area contributed by atoms with Crippen molar-refractivity contribution < 1.29 is 14.3 Å². The third-order valence-corrected chi connectivity index (χ3v) is 2.98. The van der Waals surface area contributed by atoms with Crippen LogP contribution in [0.15, 0.2) is 0 Å². The second kappa shape index (κ2) is 5.50. The predicted molar refractivity (Wildman–Crippen MR) is 60.7 cm³/mol. The Labute approximate surface area is 93.1 Å². The maximum Gasteiger partial charge on any atom is 0.314 e. The molecule has 0 aliphatic heterocycles. The lowest BCUT2D eigenvalue weighted by atomic mass is 9.68. The van der Waals surface area contributed by atoms with Crippen molar-refractivity contribution in [3.8, 4) is 0 Å². The smallest absolute Gasteiger partial charge is 0.314 e. The molecule has 0 saturated heterocycles. The Morgan fingerprint density at radius 1 is 1.20 bits per heavy atom. The summed E-state index contributed by atoms with van der Waals surface area (Å²) in [7, 11) is 1.61. The predicted octanol–water partition coefficient (Wildman–Crippen LogP) is 2.64. The number of carbonyl (C=O) groups is 1. The van der Waals surface area contributed by atoms with Crippen LogP contribution in [0.5, 0.6) is 0 Å². The standard InChI is InChI=1S/C12H24O3/c1-7-8-15-10(13)12(5,9-14-6)11(2,3)4/h7-9H2,1-6H3. The minimum atomic E-state index is -0.586. The van der Waals surface area contributed by atoms with Crippen LogP contribution in [-0.4, -0.2) is 26.3 Å². The molecule has 0 aromatic rings. The highest BCUT2D eigenvalue weighted by Gasteiger charge is 2.45. The molecule has 0 aliphatic rings. The van der Waals surface area contributed by atoms with Crippen LogP contribution in [0.3, 0.4) is 0 Å². The van der Waals surface area contributed by atoms with E-state index in [1.165, 1.54) is 0 Å². The average Bonchev–Trinajstić information content (AvgIpc) is 2.12. The van der Waals surface area contributed by atoms with E-state index >= 15 is 0 Å². The molecule has 0 bridgehead atoms. The molecule has 1 atom stereocenters. The van der Waals surface area contributed by atoms with Gasteiger partial charge in [0.25, 0.3) is 0 Å². The van der Waals surface area contributed by atoms with Gasteiger partial charge in [-0.05, 0) is 18.8 Å². The van der Waals surface area contributed by atoms with E-state index in [2.05, 4.69) is 0 Å². The highest BCUT2D eigenvalue weighted by molar-refractivity contribution is 5.77. The molecule has 0 rings (SSSR count). The van der Waals surface area contributed by atoms with Gasteiger partial charge >= 0.3 is 5.97 Å². The van der Waals surface area contributed by atoms with Gasteiger partial charge in [0.1, 0.15) is 0 Å². The second-order valence-corrected chi connectivity index (χ2v) is 5.15. The molecule has 0 spiro atoms. The molecule has 0 aromatic heterocycles. The van der Waals surface area contributed by atoms with Crippen molar-refractivity contribution in [2.75, 3.05) is 20.3 Å². The summed E-state index contributed by atoms with van der Waals surface area (Å²) in [4.78, 5) is 12.0. The van der Waals surface area contributed by atoms with Crippen molar-refractivity contribution in [1.29, 1.82) is 0 Å². The van der Waals surface area contributed by atoms with Crippen LogP contribution < -0.4 is 0 Å². The summed E-state index contributed by atoms with van der Waals surface area (Å²) in [5.41, 5.74) is -0.759. The van der Waals surface area contributed by atoms with Gasteiger partial charge in [0.15, 0.2) is 0 Å². The van der Waals surface area contributed by atoms with Crippen LogP contribution in [-0.2, 0) is 14.3 Å². The van der Waals surface area contributed by atoms with Gasteiger partial charge in [-0.3, -0.25) is 4.79 Å². The van der Waals surface area contributed by atoms with Gasteiger partial charge in [0.05, 0.1) is 18.6 Å². The number of hydrogen-bond donors (Lipinski definition) is 0. The molecular weight excluding hydrogens is 192 g/mol. The Morgan fingerprint density at radius 3 is 2.07 bits per heavy atom. The lowest BCUT2D eigenvalue weighted by molar-refractivity contribution is -0.166. The van der Waals surface area contributed by atoms with Crippen LogP contribution in [0, 0.1) is 10.8 Å². The first-order chi connectivity index (χ1) is 6.79. The van der Waals surface area contributed by atoms with Crippen molar-refractivity contribution >= 4 is 5.97 Å². The number of methoxy groups -OCH3 is 1. The molecule has 15 heavy (non-hydrogen) atoms. The number of ether oxygens (including phenoxy) is 2. The molecule has 0 aliphatic carbocycles. The lowest BCUT2D eigenvalue weighted by Gasteiger charge is -2.38. The fourth-order valence-corrected chi connectivity index (χ4v) is 1.22. The first kappa shape index (κ1) is 14.4. The topological polar surface area (TPSA) is 35.5 Å². The summed E-state index contributed by atoms with van der Waals surface area (Å²) in [6.45, 7) is 10.8. The summed E-state index contributed by atoms with van der Waals surface area (Å²) in [5.74, 6) is -0.168. The molecule has 1 unspecified atom stereocenters. The minimum Gasteiger partial charge on any atom is -0.465 e. The number of hydrogen-bond acceptors (Lipinski definition) is 3. The van der Waals surface area contributed by atoms with Gasteiger partial charge in [0, 0.05) is 7.11 Å². The summed E-state index contributed by atoms with van der Waals surface area (Å²) in [5, 5.41) is 0. The number of carbonyl (C=O) groups excluding carboxylic acids is 1. The van der Waals surface area contributed by atoms with Crippen molar-refractivity contribution in [2.24, 2.45) is 10.8 Å². The van der Waals surface area contributed by atoms with E-state index in [9.17, 15) is 4.79 Å². The number of rotatable bonds is 5. The molecule has 0 radical (unpaired) electrons. The van der Waals surface area contributed by atoms with E-state index in [4.69, 9.17) is 9.47 Å². The average molecular weight is 216 g/mol. The first-order valence-corrected chi connectivity index (χ1v) is 5.45. The second-order valence-electron chi connectivity index (χ2n) is 5.15. The van der Waals surface area contributed by atoms with Gasteiger partial charge in [-0.15, -0.1) is 0 Å². The van der Waals surface area contributed by atoms with Crippen LogP contribution in [0.1, 0.15) is 41.0 Å². The van der Waals surface area contributed by atoms with Crippen molar-refractivity contribution in [1.82, 2.24) is 0 Å². The Morgan fingerprint density at radius 2 is 1.73 bits per heavy atom. The normalized spacial score (nSPS) is 15.9. The maximum absolute atomic E-state index is 12.0. The van der Waals surface area contributed by atoms with Gasteiger partial charge in [0.2, 0.25) is 0 Å². The molecule has 0 fully saturated rings. The highest BCUT2D eigenvalue weighted by atomic mass is 16.5. The van der Waals surface area contributed by atoms with E-state index in [-0.39, 0.29) is 11.4 Å². The summed E-state index contributed by atoms with van der Waals surface area (Å²) >= 11 is 0. The van der Waals surface area contributed by atoms with E-state index < -0.39 is 5.41 Å². The highest BCUT2D eigenvalue weighted by Crippen LogP contribution is 2.39. The fraction of sp³-hybridized carbons (Fsp3) is 0.917. The van der Waals surface area contributed by atoms with Crippen LogP contribution >= 0.6 is 0 Å². The molecule has 0 N–H and O–H groups in total. The molecule has 0 aromatic carbocycles. The van der Waals surface area contributed by atoms with E-state index in [1.807, 2.05) is 34.6 Å². The zero-order valence-electron chi connectivity index (χ0n) is 10.8. The largest absolute Gasteiger partial charge is 0.465 e. The summed E-state index contributed by atoms with van der Waals surface area (Å²) in [6.07, 6.45) is 0.846. The van der Waals surface area contributed by atoms with Crippen molar-refractivity contribution in [3.05, 3.63) is 0 Å². The lowest BCUT2D eigenvalue weighted by Crippen LogP contribution is -2.45. The Balaban J connectivity index is 4.71. The molecule has 3 heteroatoms. The van der Waals surface area contributed by atoms with Gasteiger partial charge < -0.3 is 9.47 Å². The monoisotopic (exact) mass is 216 g/mol. The molecule has 0 heterocycles. The van der Waals surface area contributed by atoms with Crippen LogP contribution in [0.25, 0.3) is 0 Å². The van der Waals surface area contributed by atoms with Gasteiger partial charge in [-0.2, -0.15) is 0 Å². The fourth-order valence-electron chi connectivity index (χ4n) is 1.22. The third kappa shape index (κ3) is 3.49. The zero-order chi connectivity index (χ0) is 12.1. The summed E-state index contributed by atoms with van der Waals surface area (Å²) < 4.78 is 10.4. The Hall–Kier alpha value is -0.570. The zero-order valence-corrected chi connectivity index (χ0v) is 10.8. The van der Waals surface area contributed by atoms with Crippen molar-refractivity contribution in [2.45, 2.75) is 41.0 Å². The SMILES string of the molecule is CCCOC(=O)C(C)(COC)C(C)(C)C. The Kier molecular flexibility index (Phi) is 5.29.